The van der Waals surface area contributed by atoms with Crippen molar-refractivity contribution in [2.45, 2.75) is 33.1 Å². The Morgan fingerprint density at radius 2 is 1.25 bits per heavy atom. The standard InChI is InChI=1S/C20H24/c1-5-6-17(4)20(18-11-7-15(2)8-12-18)19-13-9-16(3)10-14-19/h5,7-14,17,20H,1,6H2,2-4H3. The molecular weight excluding hydrogens is 240 g/mol. The Hall–Kier alpha value is -1.82. The second kappa shape index (κ2) is 6.56. The molecule has 1 atom stereocenters. The smallest absolute Gasteiger partial charge is 0.0118 e. The summed E-state index contributed by atoms with van der Waals surface area (Å²) in [7, 11) is 0. The lowest BCUT2D eigenvalue weighted by molar-refractivity contribution is 0.519. The molecule has 104 valence electrons. The lowest BCUT2D eigenvalue weighted by Crippen LogP contribution is -2.11. The molecule has 20 heavy (non-hydrogen) atoms. The quantitative estimate of drug-likeness (QED) is 0.612. The van der Waals surface area contributed by atoms with Crippen molar-refractivity contribution in [1.82, 2.24) is 0 Å². The number of allylic oxidation sites excluding steroid dienone is 1. The Labute approximate surface area is 123 Å². The minimum Gasteiger partial charge on any atom is -0.103 e. The van der Waals surface area contributed by atoms with Crippen LogP contribution in [0.2, 0.25) is 0 Å². The molecule has 0 fully saturated rings. The molecule has 0 amide bonds. The molecule has 0 aliphatic rings. The van der Waals surface area contributed by atoms with Crippen molar-refractivity contribution in [3.05, 3.63) is 83.4 Å². The Morgan fingerprint density at radius 1 is 0.850 bits per heavy atom. The molecular formula is C20H24. The summed E-state index contributed by atoms with van der Waals surface area (Å²) in [4.78, 5) is 0. The summed E-state index contributed by atoms with van der Waals surface area (Å²) < 4.78 is 0. The van der Waals surface area contributed by atoms with Gasteiger partial charge in [-0.05, 0) is 37.3 Å². The highest BCUT2D eigenvalue weighted by Gasteiger charge is 2.20. The van der Waals surface area contributed by atoms with E-state index in [4.69, 9.17) is 0 Å². The maximum absolute atomic E-state index is 3.90. The van der Waals surface area contributed by atoms with Gasteiger partial charge in [0.05, 0.1) is 0 Å². The average Bonchev–Trinajstić information content (AvgIpc) is 2.44. The van der Waals surface area contributed by atoms with Crippen molar-refractivity contribution >= 4 is 0 Å². The van der Waals surface area contributed by atoms with Gasteiger partial charge >= 0.3 is 0 Å². The van der Waals surface area contributed by atoms with Gasteiger partial charge in [0.15, 0.2) is 0 Å². The van der Waals surface area contributed by atoms with Crippen LogP contribution in [0.5, 0.6) is 0 Å². The second-order valence-electron chi connectivity index (χ2n) is 5.80. The number of benzene rings is 2. The van der Waals surface area contributed by atoms with Crippen molar-refractivity contribution < 1.29 is 0 Å². The molecule has 2 aromatic carbocycles. The highest BCUT2D eigenvalue weighted by Crippen LogP contribution is 2.34. The van der Waals surface area contributed by atoms with Gasteiger partial charge in [0, 0.05) is 5.92 Å². The number of rotatable bonds is 5. The summed E-state index contributed by atoms with van der Waals surface area (Å²) in [6.07, 6.45) is 3.06. The van der Waals surface area contributed by atoms with E-state index in [1.807, 2.05) is 6.08 Å². The van der Waals surface area contributed by atoms with Gasteiger partial charge in [-0.1, -0.05) is 72.7 Å². The van der Waals surface area contributed by atoms with E-state index >= 15 is 0 Å². The molecule has 0 saturated carbocycles. The van der Waals surface area contributed by atoms with Crippen molar-refractivity contribution in [2.75, 3.05) is 0 Å². The lowest BCUT2D eigenvalue weighted by Gasteiger charge is -2.24. The van der Waals surface area contributed by atoms with Crippen LogP contribution in [0, 0.1) is 19.8 Å². The van der Waals surface area contributed by atoms with E-state index in [0.717, 1.165) is 6.42 Å². The molecule has 1 unspecified atom stereocenters. The fraction of sp³-hybridized carbons (Fsp3) is 0.300. The van der Waals surface area contributed by atoms with E-state index in [1.54, 1.807) is 0 Å². The van der Waals surface area contributed by atoms with Gasteiger partial charge in [0.1, 0.15) is 0 Å². The predicted molar refractivity (Wildman–Crippen MR) is 88.2 cm³/mol. The SMILES string of the molecule is C=CCC(C)C(c1ccc(C)cc1)c1ccc(C)cc1. The largest absolute Gasteiger partial charge is 0.103 e. The topological polar surface area (TPSA) is 0 Å². The average molecular weight is 264 g/mol. The molecule has 0 heterocycles. The molecule has 0 aliphatic carbocycles. The summed E-state index contributed by atoms with van der Waals surface area (Å²) in [6.45, 7) is 10.5. The van der Waals surface area contributed by atoms with Crippen molar-refractivity contribution in [3.63, 3.8) is 0 Å². The minimum atomic E-state index is 0.439. The molecule has 0 saturated heterocycles. The molecule has 2 aromatic rings. The van der Waals surface area contributed by atoms with Gasteiger partial charge < -0.3 is 0 Å². The molecule has 0 N–H and O–H groups in total. The zero-order valence-electron chi connectivity index (χ0n) is 12.8. The third-order valence-corrected chi connectivity index (χ3v) is 3.98. The molecule has 0 aliphatic heterocycles. The van der Waals surface area contributed by atoms with Gasteiger partial charge in [-0.3, -0.25) is 0 Å². The maximum atomic E-state index is 3.90. The number of hydrogen-bond acceptors (Lipinski definition) is 0. The summed E-state index contributed by atoms with van der Waals surface area (Å²) in [6, 6.07) is 17.9. The van der Waals surface area contributed by atoms with Gasteiger partial charge in [-0.15, -0.1) is 6.58 Å². The maximum Gasteiger partial charge on any atom is 0.0118 e. The third-order valence-electron chi connectivity index (χ3n) is 3.98. The molecule has 2 rings (SSSR count). The van der Waals surface area contributed by atoms with Gasteiger partial charge in [-0.2, -0.15) is 0 Å². The van der Waals surface area contributed by atoms with Crippen LogP contribution in [0.25, 0.3) is 0 Å². The van der Waals surface area contributed by atoms with Crippen LogP contribution in [0.4, 0.5) is 0 Å². The fourth-order valence-corrected chi connectivity index (χ4v) is 2.80. The third kappa shape index (κ3) is 3.39. The first-order chi connectivity index (χ1) is 9.61. The van der Waals surface area contributed by atoms with E-state index in [2.05, 4.69) is 75.9 Å². The molecule has 0 nitrogen and oxygen atoms in total. The molecule has 0 radical (unpaired) electrons. The van der Waals surface area contributed by atoms with E-state index in [9.17, 15) is 0 Å². The van der Waals surface area contributed by atoms with E-state index in [0.29, 0.717) is 11.8 Å². The zero-order valence-corrected chi connectivity index (χ0v) is 12.8. The van der Waals surface area contributed by atoms with Gasteiger partial charge in [-0.25, -0.2) is 0 Å². The Balaban J connectivity index is 2.40. The molecule has 0 aromatic heterocycles. The van der Waals surface area contributed by atoms with Crippen LogP contribution in [-0.4, -0.2) is 0 Å². The van der Waals surface area contributed by atoms with E-state index in [1.165, 1.54) is 22.3 Å². The number of aryl methyl sites for hydroxylation is 2. The predicted octanol–water partition coefficient (Wildman–Crippen LogP) is 5.65. The van der Waals surface area contributed by atoms with Gasteiger partial charge in [0.2, 0.25) is 0 Å². The first-order valence-corrected chi connectivity index (χ1v) is 7.36. The second-order valence-corrected chi connectivity index (χ2v) is 5.80. The minimum absolute atomic E-state index is 0.439. The number of hydrogen-bond donors (Lipinski definition) is 0. The summed E-state index contributed by atoms with van der Waals surface area (Å²) in [5, 5.41) is 0. The monoisotopic (exact) mass is 264 g/mol. The van der Waals surface area contributed by atoms with Crippen LogP contribution in [0.3, 0.4) is 0 Å². The summed E-state index contributed by atoms with van der Waals surface area (Å²) in [5.74, 6) is 0.993. The summed E-state index contributed by atoms with van der Waals surface area (Å²) in [5.41, 5.74) is 5.42. The molecule has 0 heteroatoms. The first-order valence-electron chi connectivity index (χ1n) is 7.36. The molecule has 0 bridgehead atoms. The van der Waals surface area contributed by atoms with Crippen molar-refractivity contribution in [1.29, 1.82) is 0 Å². The van der Waals surface area contributed by atoms with Crippen LogP contribution < -0.4 is 0 Å². The Morgan fingerprint density at radius 3 is 1.60 bits per heavy atom. The fourth-order valence-electron chi connectivity index (χ4n) is 2.80. The Bertz CT molecular complexity index is 500. The molecule has 0 spiro atoms. The highest BCUT2D eigenvalue weighted by atomic mass is 14.2. The lowest BCUT2D eigenvalue weighted by atomic mass is 9.80. The van der Waals surface area contributed by atoms with Crippen molar-refractivity contribution in [3.8, 4) is 0 Å². The zero-order chi connectivity index (χ0) is 14.5. The first kappa shape index (κ1) is 14.6. The van der Waals surface area contributed by atoms with E-state index in [-0.39, 0.29) is 0 Å². The van der Waals surface area contributed by atoms with Crippen LogP contribution in [-0.2, 0) is 0 Å². The summed E-state index contributed by atoms with van der Waals surface area (Å²) >= 11 is 0. The highest BCUT2D eigenvalue weighted by molar-refractivity contribution is 5.36. The van der Waals surface area contributed by atoms with E-state index < -0.39 is 0 Å². The van der Waals surface area contributed by atoms with Crippen LogP contribution in [0.1, 0.15) is 41.5 Å². The Kier molecular flexibility index (Phi) is 4.79. The van der Waals surface area contributed by atoms with Crippen LogP contribution >= 0.6 is 0 Å². The van der Waals surface area contributed by atoms with Crippen LogP contribution in [0.15, 0.2) is 61.2 Å². The normalized spacial score (nSPS) is 12.4. The van der Waals surface area contributed by atoms with Crippen molar-refractivity contribution in [2.24, 2.45) is 5.92 Å². The van der Waals surface area contributed by atoms with Gasteiger partial charge in [0.25, 0.3) is 0 Å².